The molecule has 5 rings (SSSR count). The molecule has 7 heteroatoms. The molecule has 0 radical (unpaired) electrons. The van der Waals surface area contributed by atoms with Crippen molar-refractivity contribution in [3.05, 3.63) is 64.7 Å². The molecule has 3 aliphatic rings. The normalized spacial score (nSPS) is 20.6. The molecule has 0 bridgehead atoms. The molecule has 3 heterocycles. The maximum absolute atomic E-state index is 13.3. The van der Waals surface area contributed by atoms with Gasteiger partial charge < -0.3 is 19.5 Å². The van der Waals surface area contributed by atoms with Crippen molar-refractivity contribution in [2.24, 2.45) is 0 Å². The van der Waals surface area contributed by atoms with Crippen LogP contribution < -0.4 is 4.74 Å². The first kappa shape index (κ1) is 23.3. The number of fused-ring (bicyclic) bond motifs is 2. The Kier molecular flexibility index (Phi) is 7.45. The number of aliphatic hydroxyl groups is 1. The summed E-state index contributed by atoms with van der Waals surface area (Å²) in [6.07, 6.45) is 1.45. The average Bonchev–Trinajstić information content (AvgIpc) is 3.19. The monoisotopic (exact) mass is 465 g/mol. The smallest absolute Gasteiger partial charge is 0.257 e. The third-order valence-corrected chi connectivity index (χ3v) is 7.01. The van der Waals surface area contributed by atoms with E-state index in [9.17, 15) is 9.90 Å². The average molecular weight is 466 g/mol. The molecule has 0 saturated carbocycles. The summed E-state index contributed by atoms with van der Waals surface area (Å²) in [5, 5.41) is 10.8. The highest BCUT2D eigenvalue weighted by Crippen LogP contribution is 2.26. The molecular formula is C27H35N3O4. The van der Waals surface area contributed by atoms with E-state index in [4.69, 9.17) is 9.47 Å². The van der Waals surface area contributed by atoms with Gasteiger partial charge in [-0.3, -0.25) is 14.6 Å². The van der Waals surface area contributed by atoms with Gasteiger partial charge in [0, 0.05) is 52.4 Å². The van der Waals surface area contributed by atoms with Gasteiger partial charge in [-0.15, -0.1) is 0 Å². The highest BCUT2D eigenvalue weighted by molar-refractivity contribution is 5.97. The number of hydrogen-bond acceptors (Lipinski definition) is 6. The lowest BCUT2D eigenvalue weighted by Crippen LogP contribution is -2.44. The summed E-state index contributed by atoms with van der Waals surface area (Å²) in [6.45, 7) is 7.92. The maximum Gasteiger partial charge on any atom is 0.257 e. The van der Waals surface area contributed by atoms with E-state index < -0.39 is 6.10 Å². The van der Waals surface area contributed by atoms with Crippen molar-refractivity contribution in [3.63, 3.8) is 0 Å². The second kappa shape index (κ2) is 10.9. The molecule has 2 aromatic carbocycles. The first-order chi connectivity index (χ1) is 16.7. The zero-order valence-electron chi connectivity index (χ0n) is 19.8. The van der Waals surface area contributed by atoms with E-state index in [0.29, 0.717) is 37.6 Å². The summed E-state index contributed by atoms with van der Waals surface area (Å²) in [4.78, 5) is 19.7. The highest BCUT2D eigenvalue weighted by atomic mass is 16.5. The molecule has 1 atom stereocenters. The molecule has 1 fully saturated rings. The minimum Gasteiger partial charge on any atom is -0.491 e. The second-order valence-corrected chi connectivity index (χ2v) is 9.58. The van der Waals surface area contributed by atoms with E-state index in [-0.39, 0.29) is 5.91 Å². The lowest BCUT2D eigenvalue weighted by molar-refractivity contribution is 0.0501. The van der Waals surface area contributed by atoms with Gasteiger partial charge in [0.2, 0.25) is 0 Å². The first-order valence-electron chi connectivity index (χ1n) is 12.5. The van der Waals surface area contributed by atoms with Crippen LogP contribution in [-0.2, 0) is 24.2 Å². The summed E-state index contributed by atoms with van der Waals surface area (Å²) in [5.41, 5.74) is 4.46. The van der Waals surface area contributed by atoms with Crippen molar-refractivity contribution in [2.75, 3.05) is 59.1 Å². The number of amides is 1. The quantitative estimate of drug-likeness (QED) is 0.706. The van der Waals surface area contributed by atoms with E-state index in [1.54, 1.807) is 4.90 Å². The Bertz CT molecular complexity index is 990. The molecule has 2 aromatic rings. The van der Waals surface area contributed by atoms with Crippen molar-refractivity contribution >= 4 is 5.91 Å². The van der Waals surface area contributed by atoms with Gasteiger partial charge in [0.15, 0.2) is 0 Å². The standard InChI is InChI=1S/C27H35N3O4/c31-24(19-29-10-8-22-4-1-2-5-23(22)18-29)20-30-12-15-34-26-16-21(6-7-25(26)27(30)32)17-28-9-3-13-33-14-11-28/h1-2,4-7,16,24,31H,3,8-15,17-20H2. The molecule has 7 nitrogen and oxygen atoms in total. The first-order valence-corrected chi connectivity index (χ1v) is 12.5. The van der Waals surface area contributed by atoms with Crippen LogP contribution in [0.4, 0.5) is 0 Å². The summed E-state index contributed by atoms with van der Waals surface area (Å²) in [6, 6.07) is 14.4. The fourth-order valence-corrected chi connectivity index (χ4v) is 5.21. The van der Waals surface area contributed by atoms with E-state index in [1.165, 1.54) is 11.1 Å². The van der Waals surface area contributed by atoms with Gasteiger partial charge in [-0.25, -0.2) is 0 Å². The van der Waals surface area contributed by atoms with Crippen LogP contribution in [0.3, 0.4) is 0 Å². The maximum atomic E-state index is 13.3. The Labute approximate surface area is 201 Å². The van der Waals surface area contributed by atoms with E-state index >= 15 is 0 Å². The molecular weight excluding hydrogens is 430 g/mol. The third-order valence-electron chi connectivity index (χ3n) is 7.01. The molecule has 0 aromatic heterocycles. The van der Waals surface area contributed by atoms with Crippen molar-refractivity contribution in [1.82, 2.24) is 14.7 Å². The predicted molar refractivity (Wildman–Crippen MR) is 130 cm³/mol. The van der Waals surface area contributed by atoms with Crippen LogP contribution >= 0.6 is 0 Å². The zero-order chi connectivity index (χ0) is 23.3. The van der Waals surface area contributed by atoms with E-state index in [2.05, 4.69) is 34.1 Å². The van der Waals surface area contributed by atoms with Gasteiger partial charge in [0.05, 0.1) is 24.8 Å². The van der Waals surface area contributed by atoms with Gasteiger partial charge in [0.25, 0.3) is 5.91 Å². The number of ether oxygens (including phenoxy) is 2. The number of rotatable bonds is 6. The number of aliphatic hydroxyl groups excluding tert-OH is 1. The highest BCUT2D eigenvalue weighted by Gasteiger charge is 2.27. The van der Waals surface area contributed by atoms with Crippen LogP contribution in [0.5, 0.6) is 5.75 Å². The fourth-order valence-electron chi connectivity index (χ4n) is 5.21. The van der Waals surface area contributed by atoms with Crippen molar-refractivity contribution in [3.8, 4) is 5.75 Å². The Hall–Kier alpha value is -2.45. The topological polar surface area (TPSA) is 65.5 Å². The second-order valence-electron chi connectivity index (χ2n) is 9.58. The molecule has 0 spiro atoms. The predicted octanol–water partition coefficient (Wildman–Crippen LogP) is 2.16. The van der Waals surface area contributed by atoms with Crippen LogP contribution in [0, 0.1) is 0 Å². The van der Waals surface area contributed by atoms with Crippen LogP contribution in [0.25, 0.3) is 0 Å². The third kappa shape index (κ3) is 5.61. The Morgan fingerprint density at radius 3 is 2.71 bits per heavy atom. The molecule has 1 unspecified atom stereocenters. The summed E-state index contributed by atoms with van der Waals surface area (Å²) >= 11 is 0. The van der Waals surface area contributed by atoms with Crippen LogP contribution in [0.1, 0.15) is 33.5 Å². The zero-order valence-corrected chi connectivity index (χ0v) is 19.8. The number of carbonyl (C=O) groups excluding carboxylic acids is 1. The minimum atomic E-state index is -0.597. The molecule has 1 N–H and O–H groups in total. The molecule has 3 aliphatic heterocycles. The van der Waals surface area contributed by atoms with Crippen molar-refractivity contribution < 1.29 is 19.4 Å². The molecule has 1 saturated heterocycles. The summed E-state index contributed by atoms with van der Waals surface area (Å²) in [7, 11) is 0. The van der Waals surface area contributed by atoms with Gasteiger partial charge in [-0.2, -0.15) is 0 Å². The molecule has 34 heavy (non-hydrogen) atoms. The van der Waals surface area contributed by atoms with E-state index in [1.807, 2.05) is 18.2 Å². The number of hydrogen-bond donors (Lipinski definition) is 1. The molecule has 1 amide bonds. The fraction of sp³-hybridized carbons (Fsp3) is 0.519. The van der Waals surface area contributed by atoms with E-state index in [0.717, 1.165) is 64.3 Å². The number of carbonyl (C=O) groups is 1. The Balaban J connectivity index is 1.19. The SMILES string of the molecule is O=C1c2ccc(CN3CCCOCC3)cc2OCCN1CC(O)CN1CCc2ccccc2C1. The lowest BCUT2D eigenvalue weighted by Gasteiger charge is -2.32. The number of benzene rings is 2. The van der Waals surface area contributed by atoms with Crippen molar-refractivity contribution in [1.29, 1.82) is 0 Å². The largest absolute Gasteiger partial charge is 0.491 e. The molecule has 0 aliphatic carbocycles. The van der Waals surface area contributed by atoms with Crippen LogP contribution in [-0.4, -0.2) is 90.9 Å². The lowest BCUT2D eigenvalue weighted by atomic mass is 10.00. The number of nitrogens with zero attached hydrogens (tertiary/aromatic N) is 3. The molecule has 182 valence electrons. The van der Waals surface area contributed by atoms with Gasteiger partial charge in [-0.1, -0.05) is 30.3 Å². The number of β-amino-alcohol motifs (C(OH)–C–C–N with tert-alkyl or cyclic N) is 1. The van der Waals surface area contributed by atoms with Gasteiger partial charge in [0.1, 0.15) is 12.4 Å². The summed E-state index contributed by atoms with van der Waals surface area (Å²) < 4.78 is 11.5. The van der Waals surface area contributed by atoms with Gasteiger partial charge >= 0.3 is 0 Å². The van der Waals surface area contributed by atoms with Gasteiger partial charge in [-0.05, 0) is 41.7 Å². The van der Waals surface area contributed by atoms with Crippen molar-refractivity contribution in [2.45, 2.75) is 32.0 Å². The Morgan fingerprint density at radius 2 is 1.79 bits per heavy atom. The Morgan fingerprint density at radius 1 is 0.912 bits per heavy atom. The minimum absolute atomic E-state index is 0.0646. The summed E-state index contributed by atoms with van der Waals surface area (Å²) in [5.74, 6) is 0.587. The van der Waals surface area contributed by atoms with Crippen LogP contribution in [0.2, 0.25) is 0 Å². The van der Waals surface area contributed by atoms with Crippen LogP contribution in [0.15, 0.2) is 42.5 Å².